The minimum absolute atomic E-state index is 0.00367. The number of fused-ring (bicyclic) bond motifs is 3. The zero-order valence-corrected chi connectivity index (χ0v) is 24.6. The molecule has 0 radical (unpaired) electrons. The third kappa shape index (κ3) is 6.03. The molecule has 0 saturated carbocycles. The summed E-state index contributed by atoms with van der Waals surface area (Å²) >= 11 is 0. The largest absolute Gasteiger partial charge is 0.485 e. The lowest BCUT2D eigenvalue weighted by molar-refractivity contribution is -0.155. The van der Waals surface area contributed by atoms with Crippen molar-refractivity contribution in [1.82, 2.24) is 9.80 Å². The molecule has 42 heavy (non-hydrogen) atoms. The van der Waals surface area contributed by atoms with E-state index in [4.69, 9.17) is 14.7 Å². The van der Waals surface area contributed by atoms with E-state index in [-0.39, 0.29) is 24.6 Å². The summed E-state index contributed by atoms with van der Waals surface area (Å²) in [7, 11) is 2.17. The maximum atomic E-state index is 12.4. The Morgan fingerprint density at radius 2 is 1.86 bits per heavy atom. The number of hydrogen-bond acceptors (Lipinski definition) is 8. The molecule has 6 rings (SSSR count). The minimum Gasteiger partial charge on any atom is -0.485 e. The lowest BCUT2D eigenvalue weighted by Crippen LogP contribution is -2.53. The first-order valence-electron chi connectivity index (χ1n) is 14.9. The molecule has 9 nitrogen and oxygen atoms in total. The molecule has 2 aromatic carbocycles. The average Bonchev–Trinajstić information content (AvgIpc) is 3.47. The number of aliphatic hydroxyl groups is 2. The van der Waals surface area contributed by atoms with Crippen molar-refractivity contribution in [3.63, 3.8) is 0 Å². The van der Waals surface area contributed by atoms with Gasteiger partial charge in [-0.2, -0.15) is 5.26 Å². The van der Waals surface area contributed by atoms with Crippen molar-refractivity contribution >= 4 is 11.9 Å². The molecule has 4 heterocycles. The topological polar surface area (TPSA) is 123 Å². The average molecular weight is 576 g/mol. The Bertz CT molecular complexity index is 1310. The number of amides is 1. The zero-order valence-electron chi connectivity index (χ0n) is 24.6. The maximum absolute atomic E-state index is 12.4. The monoisotopic (exact) mass is 575 g/mol. The van der Waals surface area contributed by atoms with Crippen LogP contribution in [0.5, 0.6) is 5.75 Å². The second-order valence-electron chi connectivity index (χ2n) is 12.4. The predicted octanol–water partition coefficient (Wildman–Crippen LogP) is 3.68. The van der Waals surface area contributed by atoms with E-state index in [2.05, 4.69) is 18.0 Å². The molecule has 4 aliphatic heterocycles. The molecular formula is C33H41N3O6. The number of piperidine rings is 1. The van der Waals surface area contributed by atoms with Gasteiger partial charge in [0, 0.05) is 30.6 Å². The fourth-order valence-corrected chi connectivity index (χ4v) is 6.84. The normalized spacial score (nSPS) is 28.5. The Morgan fingerprint density at radius 3 is 2.45 bits per heavy atom. The highest BCUT2D eigenvalue weighted by Crippen LogP contribution is 2.44. The van der Waals surface area contributed by atoms with Crippen LogP contribution in [-0.4, -0.2) is 82.0 Å². The minimum atomic E-state index is -0.832. The first kappa shape index (κ1) is 30.0. The van der Waals surface area contributed by atoms with Gasteiger partial charge in [0.1, 0.15) is 29.5 Å². The van der Waals surface area contributed by atoms with Gasteiger partial charge in [-0.3, -0.25) is 9.59 Å². The van der Waals surface area contributed by atoms with E-state index in [1.807, 2.05) is 44.2 Å². The zero-order chi connectivity index (χ0) is 30.0. The van der Waals surface area contributed by atoms with Gasteiger partial charge in [0.05, 0.1) is 24.3 Å². The summed E-state index contributed by atoms with van der Waals surface area (Å²) in [4.78, 5) is 28.6. The molecule has 2 bridgehead atoms. The van der Waals surface area contributed by atoms with Crippen LogP contribution in [0.15, 0.2) is 48.5 Å². The molecule has 1 amide bonds. The number of nitrogens with zero attached hydrogens (tertiary/aromatic N) is 3. The van der Waals surface area contributed by atoms with Crippen molar-refractivity contribution in [3.05, 3.63) is 65.2 Å². The molecule has 3 saturated heterocycles. The van der Waals surface area contributed by atoms with Gasteiger partial charge in [0.15, 0.2) is 0 Å². The van der Waals surface area contributed by atoms with E-state index in [1.54, 1.807) is 23.1 Å². The van der Waals surface area contributed by atoms with Crippen molar-refractivity contribution in [1.29, 1.82) is 5.26 Å². The highest BCUT2D eigenvalue weighted by atomic mass is 16.5. The Kier molecular flexibility index (Phi) is 8.88. The lowest BCUT2D eigenvalue weighted by Gasteiger charge is -2.45. The van der Waals surface area contributed by atoms with Crippen molar-refractivity contribution in [2.75, 3.05) is 20.2 Å². The van der Waals surface area contributed by atoms with E-state index in [0.29, 0.717) is 36.4 Å². The summed E-state index contributed by atoms with van der Waals surface area (Å²) in [5.41, 5.74) is 1.26. The van der Waals surface area contributed by atoms with Crippen LogP contribution < -0.4 is 4.74 Å². The van der Waals surface area contributed by atoms with Crippen molar-refractivity contribution in [2.24, 2.45) is 0 Å². The first-order valence-corrected chi connectivity index (χ1v) is 14.9. The number of aliphatic hydroxyl groups excluding tert-OH is 2. The van der Waals surface area contributed by atoms with E-state index >= 15 is 0 Å². The van der Waals surface area contributed by atoms with Gasteiger partial charge in [-0.1, -0.05) is 30.3 Å². The van der Waals surface area contributed by atoms with Gasteiger partial charge in [0.2, 0.25) is 5.91 Å². The Morgan fingerprint density at radius 1 is 1.17 bits per heavy atom. The predicted molar refractivity (Wildman–Crippen MR) is 156 cm³/mol. The molecule has 0 aromatic heterocycles. The van der Waals surface area contributed by atoms with Crippen LogP contribution in [0, 0.1) is 11.3 Å². The van der Waals surface area contributed by atoms with Crippen molar-refractivity contribution in [3.8, 4) is 11.8 Å². The first-order chi connectivity index (χ1) is 20.1. The number of rotatable bonds is 5. The molecule has 1 unspecified atom stereocenters. The fourth-order valence-electron chi connectivity index (χ4n) is 6.84. The van der Waals surface area contributed by atoms with E-state index < -0.39 is 23.7 Å². The number of esters is 1. The second kappa shape index (κ2) is 12.4. The number of benzene rings is 2. The summed E-state index contributed by atoms with van der Waals surface area (Å²) in [5, 5.41) is 29.3. The van der Waals surface area contributed by atoms with Crippen LogP contribution in [0.2, 0.25) is 0 Å². The smallest absolute Gasteiger partial charge is 0.316 e. The molecule has 2 N–H and O–H groups in total. The number of ether oxygens (including phenoxy) is 2. The van der Waals surface area contributed by atoms with Crippen LogP contribution in [0.4, 0.5) is 0 Å². The van der Waals surface area contributed by atoms with Crippen molar-refractivity contribution < 1.29 is 29.3 Å². The molecule has 2 aromatic rings. The van der Waals surface area contributed by atoms with Crippen LogP contribution in [0.25, 0.3) is 0 Å². The Labute approximate surface area is 247 Å². The molecule has 0 aliphatic carbocycles. The van der Waals surface area contributed by atoms with Crippen LogP contribution in [-0.2, 0) is 14.3 Å². The Hall–Kier alpha value is -3.45. The van der Waals surface area contributed by atoms with Gasteiger partial charge in [-0.25, -0.2) is 0 Å². The maximum Gasteiger partial charge on any atom is 0.316 e. The number of likely N-dealkylation sites (tertiary alicyclic amines) is 1. The van der Waals surface area contributed by atoms with Crippen LogP contribution in [0.1, 0.15) is 81.0 Å². The third-order valence-corrected chi connectivity index (χ3v) is 9.29. The lowest BCUT2D eigenvalue weighted by atomic mass is 9.85. The molecule has 6 atom stereocenters. The summed E-state index contributed by atoms with van der Waals surface area (Å²) in [6.45, 7) is 4.05. The summed E-state index contributed by atoms with van der Waals surface area (Å²) < 4.78 is 11.6. The summed E-state index contributed by atoms with van der Waals surface area (Å²) in [6.07, 6.45) is 4.74. The molecule has 4 aliphatic rings. The molecule has 9 heteroatoms. The van der Waals surface area contributed by atoms with Crippen LogP contribution >= 0.6 is 0 Å². The fraction of sp³-hybridized carbons (Fsp3) is 0.545. The SMILES string of the molecule is CC1(C)Oc2ccc(C#N)cc2[C@H](N2CCCC2=O)[C@H]1O.CN1[C@@H]2CC[C@H]1C[C@@H](OC(=O)C(CO)c1ccccc1)C2. The van der Waals surface area contributed by atoms with Gasteiger partial charge in [0.25, 0.3) is 0 Å². The number of carbonyl (C=O) groups is 2. The second-order valence-corrected chi connectivity index (χ2v) is 12.4. The quantitative estimate of drug-likeness (QED) is 0.518. The number of hydrogen-bond donors (Lipinski definition) is 2. The molecule has 224 valence electrons. The van der Waals surface area contributed by atoms with E-state index in [0.717, 1.165) is 30.4 Å². The highest BCUT2D eigenvalue weighted by Gasteiger charge is 2.47. The summed E-state index contributed by atoms with van der Waals surface area (Å²) in [6, 6.07) is 17.3. The molecule has 0 spiro atoms. The Balaban J connectivity index is 0.000000168. The number of nitriles is 1. The van der Waals surface area contributed by atoms with Crippen LogP contribution in [0.3, 0.4) is 0 Å². The van der Waals surface area contributed by atoms with E-state index in [1.165, 1.54) is 12.8 Å². The highest BCUT2D eigenvalue weighted by molar-refractivity contribution is 5.79. The summed E-state index contributed by atoms with van der Waals surface area (Å²) in [5.74, 6) is -0.180. The third-order valence-electron chi connectivity index (χ3n) is 9.29. The van der Waals surface area contributed by atoms with Crippen molar-refractivity contribution in [2.45, 2.75) is 94.2 Å². The molecule has 3 fully saturated rings. The van der Waals surface area contributed by atoms with E-state index in [9.17, 15) is 19.8 Å². The van der Waals surface area contributed by atoms with Gasteiger partial charge in [-0.15, -0.1) is 0 Å². The standard InChI is InChI=1S/C17H23NO3.C16H18N2O3/c1-18-13-7-8-14(18)10-15(9-13)21-17(20)16(11-19)12-5-3-2-4-6-12;1-16(2)15(20)14(18-7-3-4-13(18)19)11-8-10(9-17)5-6-12(11)21-16/h2-6,13-16,19H,7-11H2,1H3;5-6,8,14-15,20H,3-4,7H2,1-2H3/t13-,14+,15+,16?;14-,15+/m.0/s1. The molecular weight excluding hydrogens is 534 g/mol. The number of carbonyl (C=O) groups excluding carboxylic acids is 2. The van der Waals surface area contributed by atoms with Gasteiger partial charge in [-0.05, 0) is 76.8 Å². The van der Waals surface area contributed by atoms with Gasteiger partial charge < -0.3 is 29.5 Å². The van der Waals surface area contributed by atoms with Gasteiger partial charge >= 0.3 is 5.97 Å².